The summed E-state index contributed by atoms with van der Waals surface area (Å²) < 4.78 is 5.05. The molecule has 1 aliphatic rings. The van der Waals surface area contributed by atoms with Crippen molar-refractivity contribution in [2.24, 2.45) is 0 Å². The molecule has 3 aromatic rings. The molecule has 0 atom stereocenters. The van der Waals surface area contributed by atoms with E-state index in [1.54, 1.807) is 49.4 Å². The summed E-state index contributed by atoms with van der Waals surface area (Å²) >= 11 is 6.21. The van der Waals surface area contributed by atoms with Crippen LogP contribution in [0.25, 0.3) is 0 Å². The van der Waals surface area contributed by atoms with Gasteiger partial charge < -0.3 is 15.4 Å². The lowest BCUT2D eigenvalue weighted by molar-refractivity contribution is -0.137. The van der Waals surface area contributed by atoms with Crippen molar-refractivity contribution >= 4 is 46.7 Å². The SMILES string of the molecule is CCOC(=O)c1ccccc1NC(=O)c1cccc(NC2=C(Cl)C(=O)N(CCc3ccccc3)C2=O)c1. The largest absolute Gasteiger partial charge is 0.462 e. The molecule has 3 aromatic carbocycles. The fraction of sp³-hybridized carbons (Fsp3) is 0.143. The van der Waals surface area contributed by atoms with Crippen LogP contribution >= 0.6 is 11.6 Å². The van der Waals surface area contributed by atoms with Crippen LogP contribution in [0.4, 0.5) is 11.4 Å². The van der Waals surface area contributed by atoms with Gasteiger partial charge in [-0.3, -0.25) is 19.3 Å². The van der Waals surface area contributed by atoms with E-state index in [1.165, 1.54) is 6.07 Å². The first-order valence-electron chi connectivity index (χ1n) is 11.6. The van der Waals surface area contributed by atoms with E-state index in [9.17, 15) is 19.2 Å². The molecule has 4 rings (SSSR count). The highest BCUT2D eigenvalue weighted by Gasteiger charge is 2.37. The fourth-order valence-corrected chi connectivity index (χ4v) is 4.03. The van der Waals surface area contributed by atoms with Gasteiger partial charge in [-0.05, 0) is 49.2 Å². The third-order valence-electron chi connectivity index (χ3n) is 5.64. The molecular weight excluding hydrogens is 494 g/mol. The quantitative estimate of drug-likeness (QED) is 0.318. The van der Waals surface area contributed by atoms with Gasteiger partial charge in [0, 0.05) is 17.8 Å². The molecule has 188 valence electrons. The number of hydrogen-bond acceptors (Lipinski definition) is 6. The minimum absolute atomic E-state index is 0.0510. The first-order chi connectivity index (χ1) is 17.9. The standard InChI is InChI=1S/C28H24ClN3O5/c1-2-37-28(36)21-13-6-7-14-22(21)31-25(33)19-11-8-12-20(17-19)30-24-23(29)26(34)32(27(24)35)16-15-18-9-4-3-5-10-18/h3-14,17,30H,2,15-16H2,1H3,(H,31,33). The number of imide groups is 1. The Morgan fingerprint density at radius 1 is 0.919 bits per heavy atom. The normalized spacial score (nSPS) is 13.1. The van der Waals surface area contributed by atoms with Crippen molar-refractivity contribution in [3.63, 3.8) is 0 Å². The van der Waals surface area contributed by atoms with Crippen LogP contribution in [0.2, 0.25) is 0 Å². The van der Waals surface area contributed by atoms with Crippen molar-refractivity contribution in [3.8, 4) is 0 Å². The Labute approximate surface area is 218 Å². The summed E-state index contributed by atoms with van der Waals surface area (Å²) in [6, 6.07) is 22.4. The van der Waals surface area contributed by atoms with Gasteiger partial charge in [0.2, 0.25) is 0 Å². The van der Waals surface area contributed by atoms with Crippen molar-refractivity contribution in [2.75, 3.05) is 23.8 Å². The molecule has 0 spiro atoms. The number of hydrogen-bond donors (Lipinski definition) is 2. The third-order valence-corrected chi connectivity index (χ3v) is 5.99. The minimum Gasteiger partial charge on any atom is -0.462 e. The van der Waals surface area contributed by atoms with Gasteiger partial charge in [0.25, 0.3) is 17.7 Å². The van der Waals surface area contributed by atoms with Crippen LogP contribution < -0.4 is 10.6 Å². The lowest BCUT2D eigenvalue weighted by Crippen LogP contribution is -2.34. The number of carbonyl (C=O) groups is 4. The van der Waals surface area contributed by atoms with E-state index < -0.39 is 23.7 Å². The van der Waals surface area contributed by atoms with Crippen LogP contribution in [-0.2, 0) is 20.7 Å². The second-order valence-corrected chi connectivity index (χ2v) is 8.49. The monoisotopic (exact) mass is 517 g/mol. The predicted molar refractivity (Wildman–Crippen MR) is 140 cm³/mol. The number of carbonyl (C=O) groups excluding carboxylic acids is 4. The lowest BCUT2D eigenvalue weighted by atomic mass is 10.1. The number of para-hydroxylation sites is 1. The molecule has 0 radical (unpaired) electrons. The van der Waals surface area contributed by atoms with E-state index in [0.717, 1.165) is 10.5 Å². The zero-order valence-corrected chi connectivity index (χ0v) is 20.7. The molecule has 0 aliphatic carbocycles. The maximum absolute atomic E-state index is 12.9. The van der Waals surface area contributed by atoms with E-state index in [-0.39, 0.29) is 35.0 Å². The zero-order valence-electron chi connectivity index (χ0n) is 20.0. The summed E-state index contributed by atoms with van der Waals surface area (Å²) in [6.45, 7) is 2.09. The van der Waals surface area contributed by atoms with E-state index in [2.05, 4.69) is 10.6 Å². The van der Waals surface area contributed by atoms with Gasteiger partial charge in [-0.2, -0.15) is 0 Å². The Morgan fingerprint density at radius 3 is 2.41 bits per heavy atom. The zero-order chi connectivity index (χ0) is 26.4. The number of halogens is 1. The van der Waals surface area contributed by atoms with Gasteiger partial charge in [0.05, 0.1) is 17.9 Å². The average Bonchev–Trinajstić information content (AvgIpc) is 3.11. The van der Waals surface area contributed by atoms with Gasteiger partial charge in [-0.1, -0.05) is 60.1 Å². The van der Waals surface area contributed by atoms with E-state index in [1.807, 2.05) is 30.3 Å². The first-order valence-corrected chi connectivity index (χ1v) is 12.0. The molecule has 8 nitrogen and oxygen atoms in total. The molecular formula is C28H24ClN3O5. The van der Waals surface area contributed by atoms with Crippen LogP contribution in [0.15, 0.2) is 89.6 Å². The van der Waals surface area contributed by atoms with Crippen molar-refractivity contribution in [1.29, 1.82) is 0 Å². The number of amides is 3. The van der Waals surface area contributed by atoms with Crippen LogP contribution in [-0.4, -0.2) is 41.7 Å². The summed E-state index contributed by atoms with van der Waals surface area (Å²) in [6.07, 6.45) is 0.499. The molecule has 9 heteroatoms. The molecule has 0 bridgehead atoms. The van der Waals surface area contributed by atoms with Gasteiger partial charge in [0.15, 0.2) is 0 Å². The Balaban J connectivity index is 1.46. The maximum Gasteiger partial charge on any atom is 0.340 e. The second-order valence-electron chi connectivity index (χ2n) is 8.11. The predicted octanol–water partition coefficient (Wildman–Crippen LogP) is 4.59. The van der Waals surface area contributed by atoms with Gasteiger partial charge >= 0.3 is 5.97 Å². The fourth-order valence-electron chi connectivity index (χ4n) is 3.80. The Hall–Kier alpha value is -4.43. The summed E-state index contributed by atoms with van der Waals surface area (Å²) in [5, 5.41) is 5.39. The summed E-state index contributed by atoms with van der Waals surface area (Å²) in [4.78, 5) is 51.8. The minimum atomic E-state index is -0.574. The Morgan fingerprint density at radius 2 is 1.65 bits per heavy atom. The maximum atomic E-state index is 12.9. The lowest BCUT2D eigenvalue weighted by Gasteiger charge is -2.15. The number of benzene rings is 3. The van der Waals surface area contributed by atoms with E-state index in [4.69, 9.17) is 16.3 Å². The van der Waals surface area contributed by atoms with Crippen LogP contribution in [0.5, 0.6) is 0 Å². The van der Waals surface area contributed by atoms with Gasteiger partial charge in [-0.15, -0.1) is 0 Å². The number of nitrogens with one attached hydrogen (secondary N) is 2. The molecule has 0 aromatic heterocycles. The highest BCUT2D eigenvalue weighted by molar-refractivity contribution is 6.48. The van der Waals surface area contributed by atoms with Crippen LogP contribution in [0, 0.1) is 0 Å². The summed E-state index contributed by atoms with van der Waals surface area (Å²) in [5.74, 6) is -2.13. The highest BCUT2D eigenvalue weighted by Crippen LogP contribution is 2.26. The smallest absolute Gasteiger partial charge is 0.340 e. The number of rotatable bonds is 9. The molecule has 37 heavy (non-hydrogen) atoms. The number of esters is 1. The molecule has 0 saturated carbocycles. The Bertz CT molecular complexity index is 1390. The number of anilines is 2. The van der Waals surface area contributed by atoms with Gasteiger partial charge in [0.1, 0.15) is 10.7 Å². The molecule has 0 fully saturated rings. The second kappa shape index (κ2) is 11.5. The van der Waals surface area contributed by atoms with Crippen molar-refractivity contribution in [3.05, 3.63) is 106 Å². The summed E-state index contributed by atoms with van der Waals surface area (Å²) in [7, 11) is 0. The molecule has 3 amide bonds. The van der Waals surface area contributed by atoms with Crippen LogP contribution in [0.3, 0.4) is 0 Å². The molecule has 2 N–H and O–H groups in total. The topological polar surface area (TPSA) is 105 Å². The van der Waals surface area contributed by atoms with Gasteiger partial charge in [-0.25, -0.2) is 4.79 Å². The molecule has 0 unspecified atom stereocenters. The number of ether oxygens (including phenoxy) is 1. The van der Waals surface area contributed by atoms with Crippen molar-refractivity contribution in [1.82, 2.24) is 4.90 Å². The molecule has 1 heterocycles. The van der Waals surface area contributed by atoms with Crippen LogP contribution in [0.1, 0.15) is 33.2 Å². The van der Waals surface area contributed by atoms with E-state index in [0.29, 0.717) is 17.8 Å². The van der Waals surface area contributed by atoms with Crippen molar-refractivity contribution < 1.29 is 23.9 Å². The highest BCUT2D eigenvalue weighted by atomic mass is 35.5. The van der Waals surface area contributed by atoms with Crippen molar-refractivity contribution in [2.45, 2.75) is 13.3 Å². The number of nitrogens with zero attached hydrogens (tertiary/aromatic N) is 1. The Kier molecular flexibility index (Phi) is 8.00. The van der Waals surface area contributed by atoms with E-state index >= 15 is 0 Å². The molecule has 0 saturated heterocycles. The average molecular weight is 518 g/mol. The first kappa shape index (κ1) is 25.7. The summed E-state index contributed by atoms with van der Waals surface area (Å²) in [5.41, 5.74) is 2.13. The molecule has 1 aliphatic heterocycles. The third kappa shape index (κ3) is 5.87.